The Morgan fingerprint density at radius 3 is 2.65 bits per heavy atom. The molecule has 0 fully saturated rings. The zero-order chi connectivity index (χ0) is 14.9. The van der Waals surface area contributed by atoms with Crippen LogP contribution in [0.25, 0.3) is 0 Å². The second-order valence-corrected chi connectivity index (χ2v) is 5.32. The van der Waals surface area contributed by atoms with Gasteiger partial charge in [0, 0.05) is 13.0 Å². The second kappa shape index (κ2) is 5.94. The molecule has 1 aromatic heterocycles. The first-order chi connectivity index (χ1) is 9.42. The molecule has 20 heavy (non-hydrogen) atoms. The van der Waals surface area contributed by atoms with Crippen molar-refractivity contribution < 1.29 is 9.50 Å². The third kappa shape index (κ3) is 3.02. The fraction of sp³-hybridized carbons (Fsp3) is 0.400. The average Bonchev–Trinajstić information content (AvgIpc) is 2.65. The Kier molecular flexibility index (Phi) is 4.45. The highest BCUT2D eigenvalue weighted by Crippen LogP contribution is 2.27. The van der Waals surface area contributed by atoms with Gasteiger partial charge in [0.1, 0.15) is 5.82 Å². The van der Waals surface area contributed by atoms with Crippen LogP contribution in [0, 0.1) is 19.7 Å². The van der Waals surface area contributed by atoms with Gasteiger partial charge < -0.3 is 5.11 Å². The largest absolute Gasteiger partial charge is 0.388 e. The fourth-order valence-corrected chi connectivity index (χ4v) is 2.53. The molecule has 2 rings (SSSR count). The number of aryl methyl sites for hydroxylation is 3. The Labute approximate surface area is 123 Å². The molecule has 1 N–H and O–H groups in total. The van der Waals surface area contributed by atoms with Gasteiger partial charge in [-0.2, -0.15) is 5.10 Å². The van der Waals surface area contributed by atoms with Gasteiger partial charge in [-0.25, -0.2) is 4.39 Å². The number of hydrogen-bond acceptors (Lipinski definition) is 2. The van der Waals surface area contributed by atoms with Crippen LogP contribution in [0.2, 0.25) is 5.02 Å². The molecule has 0 spiro atoms. The first-order valence-electron chi connectivity index (χ1n) is 6.59. The van der Waals surface area contributed by atoms with Crippen molar-refractivity contribution in [2.75, 3.05) is 0 Å². The lowest BCUT2D eigenvalue weighted by atomic mass is 10.0. The minimum absolute atomic E-state index is 0.316. The molecule has 0 aliphatic carbocycles. The van der Waals surface area contributed by atoms with Crippen molar-refractivity contribution in [1.82, 2.24) is 9.78 Å². The summed E-state index contributed by atoms with van der Waals surface area (Å²) < 4.78 is 15.2. The van der Waals surface area contributed by atoms with Crippen molar-refractivity contribution in [2.24, 2.45) is 0 Å². The second-order valence-electron chi connectivity index (χ2n) is 4.94. The lowest BCUT2D eigenvalue weighted by Gasteiger charge is -2.13. The van der Waals surface area contributed by atoms with Crippen LogP contribution in [0.4, 0.5) is 4.39 Å². The molecule has 0 bridgehead atoms. The fourth-order valence-electron chi connectivity index (χ4n) is 2.32. The molecular weight excluding hydrogens is 279 g/mol. The van der Waals surface area contributed by atoms with Gasteiger partial charge in [-0.15, -0.1) is 0 Å². The van der Waals surface area contributed by atoms with E-state index in [4.69, 9.17) is 11.6 Å². The number of aliphatic hydroxyl groups is 1. The van der Waals surface area contributed by atoms with Crippen LogP contribution in [0.5, 0.6) is 0 Å². The number of aliphatic hydroxyl groups excluding tert-OH is 1. The number of hydrogen-bond donors (Lipinski definition) is 1. The standard InChI is InChI=1S/C15H18ClFN2O/c1-4-19-13(15(16)10(3)18-19)8-14(20)11-5-9(2)6-12(17)7-11/h5-7,14,20H,4,8H2,1-3H3. The van der Waals surface area contributed by atoms with E-state index in [1.165, 1.54) is 12.1 Å². The van der Waals surface area contributed by atoms with E-state index in [2.05, 4.69) is 5.10 Å². The van der Waals surface area contributed by atoms with Crippen LogP contribution >= 0.6 is 11.6 Å². The zero-order valence-electron chi connectivity index (χ0n) is 11.8. The first-order valence-corrected chi connectivity index (χ1v) is 6.97. The monoisotopic (exact) mass is 296 g/mol. The number of benzene rings is 1. The van der Waals surface area contributed by atoms with Gasteiger partial charge in [-0.1, -0.05) is 17.7 Å². The summed E-state index contributed by atoms with van der Waals surface area (Å²) in [5.41, 5.74) is 2.86. The van der Waals surface area contributed by atoms with E-state index < -0.39 is 6.10 Å². The third-order valence-electron chi connectivity index (χ3n) is 3.29. The van der Waals surface area contributed by atoms with Gasteiger partial charge in [0.15, 0.2) is 0 Å². The smallest absolute Gasteiger partial charge is 0.123 e. The molecule has 2 aromatic rings. The normalized spacial score (nSPS) is 12.7. The molecule has 0 aliphatic rings. The Balaban J connectivity index is 2.29. The zero-order valence-corrected chi connectivity index (χ0v) is 12.6. The van der Waals surface area contributed by atoms with Crippen LogP contribution in [0.15, 0.2) is 18.2 Å². The summed E-state index contributed by atoms with van der Waals surface area (Å²) in [6.07, 6.45) is -0.487. The molecule has 0 aliphatic heterocycles. The lowest BCUT2D eigenvalue weighted by Crippen LogP contribution is -2.09. The maximum atomic E-state index is 13.4. The van der Waals surface area contributed by atoms with E-state index in [0.717, 1.165) is 17.0 Å². The highest BCUT2D eigenvalue weighted by Gasteiger charge is 2.18. The van der Waals surface area contributed by atoms with Crippen LogP contribution in [-0.2, 0) is 13.0 Å². The molecule has 0 amide bonds. The van der Waals surface area contributed by atoms with Crippen LogP contribution in [-0.4, -0.2) is 14.9 Å². The Bertz CT molecular complexity index is 604. The predicted octanol–water partition coefficient (Wildman–Crippen LogP) is 3.59. The lowest BCUT2D eigenvalue weighted by molar-refractivity contribution is 0.175. The van der Waals surface area contributed by atoms with Gasteiger partial charge in [0.25, 0.3) is 0 Å². The Morgan fingerprint density at radius 1 is 1.35 bits per heavy atom. The first kappa shape index (κ1) is 15.0. The third-order valence-corrected chi connectivity index (χ3v) is 3.78. The molecule has 108 valence electrons. The highest BCUT2D eigenvalue weighted by molar-refractivity contribution is 6.31. The average molecular weight is 297 g/mol. The van der Waals surface area contributed by atoms with Crippen molar-refractivity contribution in [3.63, 3.8) is 0 Å². The van der Waals surface area contributed by atoms with E-state index in [9.17, 15) is 9.50 Å². The quantitative estimate of drug-likeness (QED) is 0.936. The van der Waals surface area contributed by atoms with Crippen LogP contribution < -0.4 is 0 Å². The van der Waals surface area contributed by atoms with Gasteiger partial charge in [-0.3, -0.25) is 4.68 Å². The van der Waals surface area contributed by atoms with Crippen molar-refractivity contribution >= 4 is 11.6 Å². The van der Waals surface area contributed by atoms with Gasteiger partial charge in [-0.05, 0) is 44.0 Å². The van der Waals surface area contributed by atoms with Crippen molar-refractivity contribution in [2.45, 2.75) is 39.8 Å². The van der Waals surface area contributed by atoms with E-state index >= 15 is 0 Å². The van der Waals surface area contributed by atoms with Gasteiger partial charge >= 0.3 is 0 Å². The molecule has 1 unspecified atom stereocenters. The number of nitrogens with zero attached hydrogens (tertiary/aromatic N) is 2. The summed E-state index contributed by atoms with van der Waals surface area (Å²) in [4.78, 5) is 0. The predicted molar refractivity (Wildman–Crippen MR) is 77.4 cm³/mol. The molecule has 3 nitrogen and oxygen atoms in total. The molecule has 1 atom stereocenters. The van der Waals surface area contributed by atoms with Gasteiger partial charge in [0.2, 0.25) is 0 Å². The van der Waals surface area contributed by atoms with E-state index in [1.807, 2.05) is 13.8 Å². The van der Waals surface area contributed by atoms with Gasteiger partial charge in [0.05, 0.1) is 22.5 Å². The van der Waals surface area contributed by atoms with E-state index in [1.54, 1.807) is 17.7 Å². The minimum Gasteiger partial charge on any atom is -0.388 e. The molecule has 1 aromatic carbocycles. The summed E-state index contributed by atoms with van der Waals surface area (Å²) in [6, 6.07) is 4.57. The summed E-state index contributed by atoms with van der Waals surface area (Å²) in [7, 11) is 0. The van der Waals surface area contributed by atoms with Crippen molar-refractivity contribution in [3.05, 3.63) is 51.6 Å². The number of rotatable bonds is 4. The van der Waals surface area contributed by atoms with E-state index in [-0.39, 0.29) is 5.82 Å². The molecule has 0 radical (unpaired) electrons. The topological polar surface area (TPSA) is 38.0 Å². The van der Waals surface area contributed by atoms with Crippen molar-refractivity contribution in [1.29, 1.82) is 0 Å². The molecule has 5 heteroatoms. The number of halogens is 2. The molecule has 0 saturated carbocycles. The summed E-state index contributed by atoms with van der Waals surface area (Å²) in [5, 5.41) is 15.2. The highest BCUT2D eigenvalue weighted by atomic mass is 35.5. The number of aromatic nitrogens is 2. The maximum absolute atomic E-state index is 13.4. The summed E-state index contributed by atoms with van der Waals surface area (Å²) >= 11 is 6.22. The summed E-state index contributed by atoms with van der Waals surface area (Å²) in [5.74, 6) is -0.342. The molecule has 1 heterocycles. The van der Waals surface area contributed by atoms with Crippen LogP contribution in [0.3, 0.4) is 0 Å². The Hall–Kier alpha value is -1.39. The molecular formula is C15H18ClFN2O. The van der Waals surface area contributed by atoms with E-state index in [0.29, 0.717) is 23.6 Å². The Morgan fingerprint density at radius 2 is 2.05 bits per heavy atom. The van der Waals surface area contributed by atoms with Crippen molar-refractivity contribution in [3.8, 4) is 0 Å². The maximum Gasteiger partial charge on any atom is 0.123 e. The minimum atomic E-state index is -0.802. The summed E-state index contributed by atoms with van der Waals surface area (Å²) in [6.45, 7) is 6.27. The SMILES string of the molecule is CCn1nc(C)c(Cl)c1CC(O)c1cc(C)cc(F)c1. The molecule has 0 saturated heterocycles. The van der Waals surface area contributed by atoms with Crippen LogP contribution in [0.1, 0.15) is 35.5 Å².